The smallest absolute Gasteiger partial charge is 0.408 e. The normalized spacial score (nSPS) is 17.1. The van der Waals surface area contributed by atoms with Crippen molar-refractivity contribution < 1.29 is 8.81 Å². The molecule has 23 heavy (non-hydrogen) atoms. The van der Waals surface area contributed by atoms with Crippen molar-refractivity contribution in [2.45, 2.75) is 6.04 Å². The molecule has 2 N–H and O–H groups in total. The first kappa shape index (κ1) is 13.6. The first-order valence-corrected chi connectivity index (χ1v) is 7.23. The van der Waals surface area contributed by atoms with Crippen molar-refractivity contribution in [3.8, 4) is 0 Å². The Morgan fingerprint density at radius 2 is 1.91 bits per heavy atom. The van der Waals surface area contributed by atoms with E-state index >= 15 is 0 Å². The van der Waals surface area contributed by atoms with Crippen LogP contribution >= 0.6 is 0 Å². The maximum absolute atomic E-state index is 13.1. The summed E-state index contributed by atoms with van der Waals surface area (Å²) in [4.78, 5) is 13.9. The van der Waals surface area contributed by atoms with Gasteiger partial charge in [0, 0.05) is 11.3 Å². The van der Waals surface area contributed by atoms with Crippen LogP contribution in [-0.2, 0) is 0 Å². The zero-order chi connectivity index (χ0) is 15.8. The van der Waals surface area contributed by atoms with Gasteiger partial charge in [0.2, 0.25) is 0 Å². The molecule has 0 amide bonds. The number of H-pyrrole nitrogens is 1. The summed E-state index contributed by atoms with van der Waals surface area (Å²) in [6, 6.07) is 11.9. The van der Waals surface area contributed by atoms with Crippen LogP contribution in [-0.4, -0.2) is 4.98 Å². The molecule has 5 heteroatoms. The summed E-state index contributed by atoms with van der Waals surface area (Å²) in [5.41, 5.74) is 3.98. The fourth-order valence-electron chi connectivity index (χ4n) is 2.68. The molecule has 2 heterocycles. The zero-order valence-corrected chi connectivity index (χ0v) is 12.0. The Hall–Kier alpha value is -3.08. The summed E-state index contributed by atoms with van der Waals surface area (Å²) >= 11 is 0. The second kappa shape index (κ2) is 5.28. The van der Waals surface area contributed by atoms with Crippen LogP contribution in [0.15, 0.2) is 69.9 Å². The Balaban J connectivity index is 1.65. The molecule has 4 nitrogen and oxygen atoms in total. The number of dihydropyridines is 1. The molecule has 114 valence electrons. The van der Waals surface area contributed by atoms with Crippen molar-refractivity contribution in [3.05, 3.63) is 88.2 Å². The highest BCUT2D eigenvalue weighted by Gasteiger charge is 2.14. The molecule has 0 spiro atoms. The molecule has 0 saturated carbocycles. The van der Waals surface area contributed by atoms with Gasteiger partial charge in [-0.05, 0) is 35.9 Å². The number of halogens is 1. The second-order valence-corrected chi connectivity index (χ2v) is 5.36. The highest BCUT2D eigenvalue weighted by atomic mass is 19.1. The minimum Gasteiger partial charge on any atom is -0.408 e. The fraction of sp³-hybridized carbons (Fsp3) is 0.0556. The fourth-order valence-corrected chi connectivity index (χ4v) is 2.68. The molecule has 3 aromatic rings. The maximum atomic E-state index is 13.1. The lowest BCUT2D eigenvalue weighted by molar-refractivity contribution is 0.555. The van der Waals surface area contributed by atoms with E-state index in [9.17, 15) is 9.18 Å². The number of aromatic nitrogens is 1. The topological polar surface area (TPSA) is 58.0 Å². The Kier molecular flexibility index (Phi) is 3.12. The van der Waals surface area contributed by atoms with Crippen molar-refractivity contribution in [2.75, 3.05) is 0 Å². The summed E-state index contributed by atoms with van der Waals surface area (Å²) in [6.45, 7) is 0. The van der Waals surface area contributed by atoms with Gasteiger partial charge in [-0.1, -0.05) is 30.4 Å². The highest BCUT2D eigenvalue weighted by Crippen LogP contribution is 2.25. The molecule has 1 atom stereocenters. The van der Waals surface area contributed by atoms with E-state index in [1.54, 1.807) is 12.1 Å². The van der Waals surface area contributed by atoms with Gasteiger partial charge < -0.3 is 9.73 Å². The van der Waals surface area contributed by atoms with Gasteiger partial charge in [-0.25, -0.2) is 9.18 Å². The van der Waals surface area contributed by atoms with Gasteiger partial charge in [0.1, 0.15) is 5.82 Å². The second-order valence-electron chi connectivity index (χ2n) is 5.36. The summed E-state index contributed by atoms with van der Waals surface area (Å²) in [5, 5.41) is 3.40. The summed E-state index contributed by atoms with van der Waals surface area (Å²) in [6.07, 6.45) is 5.91. The van der Waals surface area contributed by atoms with Gasteiger partial charge in [-0.15, -0.1) is 0 Å². The molecular weight excluding hydrogens is 295 g/mol. The van der Waals surface area contributed by atoms with Crippen molar-refractivity contribution in [2.24, 2.45) is 0 Å². The number of allylic oxidation sites excluding steroid dienone is 2. The van der Waals surface area contributed by atoms with E-state index in [-0.39, 0.29) is 11.9 Å². The van der Waals surface area contributed by atoms with Crippen LogP contribution in [0.2, 0.25) is 0 Å². The number of benzene rings is 2. The highest BCUT2D eigenvalue weighted by molar-refractivity contribution is 5.79. The molecular formula is C18H13FN2O2. The molecule has 0 aliphatic carbocycles. The summed E-state index contributed by atoms with van der Waals surface area (Å²) in [5.74, 6) is -0.718. The quantitative estimate of drug-likeness (QED) is 0.762. The van der Waals surface area contributed by atoms with Gasteiger partial charge >= 0.3 is 5.76 Å². The third kappa shape index (κ3) is 2.57. The summed E-state index contributed by atoms with van der Waals surface area (Å²) in [7, 11) is 0. The average molecular weight is 308 g/mol. The Morgan fingerprint density at radius 3 is 2.74 bits per heavy atom. The standard InChI is InChI=1S/C18H13FN2O2/c19-13-7-4-11(5-8-13)14-2-1-3-15(20-14)12-6-9-16-17(10-12)23-18(22)21-16/h1-10,14,20H,(H,21,22). The minimum atomic E-state index is -0.466. The molecule has 2 aromatic carbocycles. The third-order valence-corrected chi connectivity index (χ3v) is 3.84. The molecule has 0 fully saturated rings. The largest absolute Gasteiger partial charge is 0.417 e. The van der Waals surface area contributed by atoms with Crippen LogP contribution in [0.25, 0.3) is 16.8 Å². The molecule has 4 rings (SSSR count). The van der Waals surface area contributed by atoms with Crippen LogP contribution in [0.5, 0.6) is 0 Å². The van der Waals surface area contributed by atoms with Crippen molar-refractivity contribution in [1.29, 1.82) is 0 Å². The Labute approximate surface area is 131 Å². The molecule has 1 aromatic heterocycles. The predicted molar refractivity (Wildman–Crippen MR) is 86.2 cm³/mol. The first-order valence-electron chi connectivity index (χ1n) is 7.23. The first-order chi connectivity index (χ1) is 11.2. The molecule has 1 aliphatic heterocycles. The van der Waals surface area contributed by atoms with Crippen LogP contribution in [0.3, 0.4) is 0 Å². The van der Waals surface area contributed by atoms with Gasteiger partial charge in [0.25, 0.3) is 0 Å². The van der Waals surface area contributed by atoms with Crippen molar-refractivity contribution in [1.82, 2.24) is 10.3 Å². The number of rotatable bonds is 2. The van der Waals surface area contributed by atoms with E-state index in [0.29, 0.717) is 11.1 Å². The molecule has 1 aliphatic rings. The van der Waals surface area contributed by atoms with Crippen LogP contribution in [0.1, 0.15) is 17.2 Å². The Morgan fingerprint density at radius 1 is 1.09 bits per heavy atom. The molecule has 0 bridgehead atoms. The van der Waals surface area contributed by atoms with E-state index < -0.39 is 5.76 Å². The van der Waals surface area contributed by atoms with Crippen LogP contribution in [0, 0.1) is 5.82 Å². The van der Waals surface area contributed by atoms with Crippen molar-refractivity contribution >= 4 is 16.8 Å². The molecule has 0 radical (unpaired) electrons. The number of hydrogen-bond donors (Lipinski definition) is 2. The maximum Gasteiger partial charge on any atom is 0.417 e. The van der Waals surface area contributed by atoms with Crippen LogP contribution in [0.4, 0.5) is 4.39 Å². The van der Waals surface area contributed by atoms with Crippen LogP contribution < -0.4 is 11.1 Å². The molecule has 1 unspecified atom stereocenters. The SMILES string of the molecule is O=c1[nH]c2ccc(C3=CC=CC(c4ccc(F)cc4)N3)cc2o1. The number of fused-ring (bicyclic) bond motifs is 1. The summed E-state index contributed by atoms with van der Waals surface area (Å²) < 4.78 is 18.2. The number of nitrogens with one attached hydrogen (secondary N) is 2. The predicted octanol–water partition coefficient (Wildman–Crippen LogP) is 3.50. The van der Waals surface area contributed by atoms with Crippen molar-refractivity contribution in [3.63, 3.8) is 0 Å². The average Bonchev–Trinajstić information content (AvgIpc) is 2.95. The van der Waals surface area contributed by atoms with E-state index in [2.05, 4.69) is 10.3 Å². The van der Waals surface area contributed by atoms with E-state index in [1.807, 2.05) is 36.4 Å². The van der Waals surface area contributed by atoms with E-state index in [1.165, 1.54) is 12.1 Å². The lowest BCUT2D eigenvalue weighted by Crippen LogP contribution is -2.20. The van der Waals surface area contributed by atoms with Gasteiger partial charge in [-0.3, -0.25) is 4.98 Å². The monoisotopic (exact) mass is 308 g/mol. The molecule has 0 saturated heterocycles. The lowest BCUT2D eigenvalue weighted by Gasteiger charge is -2.22. The number of aromatic amines is 1. The van der Waals surface area contributed by atoms with E-state index in [4.69, 9.17) is 4.42 Å². The number of hydrogen-bond acceptors (Lipinski definition) is 3. The Bertz CT molecular complexity index is 980. The minimum absolute atomic E-state index is 0.0375. The zero-order valence-electron chi connectivity index (χ0n) is 12.0. The lowest BCUT2D eigenvalue weighted by atomic mass is 10.0. The van der Waals surface area contributed by atoms with Gasteiger partial charge in [-0.2, -0.15) is 0 Å². The number of oxazole rings is 1. The third-order valence-electron chi connectivity index (χ3n) is 3.84. The van der Waals surface area contributed by atoms with Gasteiger partial charge in [0.15, 0.2) is 5.58 Å². The van der Waals surface area contributed by atoms with E-state index in [0.717, 1.165) is 16.8 Å². The van der Waals surface area contributed by atoms with Gasteiger partial charge in [0.05, 0.1) is 11.6 Å².